The van der Waals surface area contributed by atoms with E-state index in [9.17, 15) is 9.59 Å². The fourth-order valence-electron chi connectivity index (χ4n) is 0.988. The molecule has 0 unspecified atom stereocenters. The summed E-state index contributed by atoms with van der Waals surface area (Å²) in [6, 6.07) is -0.131. The maximum atomic E-state index is 11.2. The smallest absolute Gasteiger partial charge is 0.236 e. The standard InChI is InChI=1S/C9H17N3O2/c1-6(10)9(14)11-5-4-8(13)12-7-2-3-7/h6-7H,2-5,10H2,1H3,(H,11,14)(H,12,13)/t6-/m1/s1. The van der Waals surface area contributed by atoms with Gasteiger partial charge in [0.25, 0.3) is 0 Å². The fraction of sp³-hybridized carbons (Fsp3) is 0.778. The van der Waals surface area contributed by atoms with E-state index in [1.165, 1.54) is 0 Å². The first-order valence-electron chi connectivity index (χ1n) is 4.92. The van der Waals surface area contributed by atoms with Crippen molar-refractivity contribution in [3.63, 3.8) is 0 Å². The van der Waals surface area contributed by atoms with Gasteiger partial charge in [-0.15, -0.1) is 0 Å². The highest BCUT2D eigenvalue weighted by Gasteiger charge is 2.22. The van der Waals surface area contributed by atoms with Crippen LogP contribution in [0, 0.1) is 0 Å². The number of hydrogen-bond acceptors (Lipinski definition) is 3. The van der Waals surface area contributed by atoms with Crippen molar-refractivity contribution in [2.75, 3.05) is 6.54 Å². The minimum absolute atomic E-state index is 0.00234. The molecule has 14 heavy (non-hydrogen) atoms. The van der Waals surface area contributed by atoms with E-state index in [4.69, 9.17) is 5.73 Å². The van der Waals surface area contributed by atoms with Crippen molar-refractivity contribution in [3.8, 4) is 0 Å². The lowest BCUT2D eigenvalue weighted by atomic mass is 10.3. The van der Waals surface area contributed by atoms with Crippen molar-refractivity contribution >= 4 is 11.8 Å². The fourth-order valence-corrected chi connectivity index (χ4v) is 0.988. The predicted molar refractivity (Wildman–Crippen MR) is 52.4 cm³/mol. The number of rotatable bonds is 5. The van der Waals surface area contributed by atoms with Gasteiger partial charge in [-0.1, -0.05) is 0 Å². The van der Waals surface area contributed by atoms with Crippen molar-refractivity contribution < 1.29 is 9.59 Å². The van der Waals surface area contributed by atoms with Gasteiger partial charge in [0.15, 0.2) is 0 Å². The molecule has 1 aliphatic carbocycles. The Bertz CT molecular complexity index is 224. The van der Waals surface area contributed by atoms with Gasteiger partial charge in [-0.3, -0.25) is 9.59 Å². The molecule has 0 spiro atoms. The summed E-state index contributed by atoms with van der Waals surface area (Å²) in [6.07, 6.45) is 2.49. The van der Waals surface area contributed by atoms with Gasteiger partial charge in [-0.2, -0.15) is 0 Å². The normalized spacial score (nSPS) is 17.3. The second-order valence-corrected chi connectivity index (χ2v) is 3.67. The molecule has 1 aliphatic rings. The summed E-state index contributed by atoms with van der Waals surface area (Å²) >= 11 is 0. The topological polar surface area (TPSA) is 84.2 Å². The summed E-state index contributed by atoms with van der Waals surface area (Å²) in [5.41, 5.74) is 5.33. The number of carbonyl (C=O) groups is 2. The Morgan fingerprint density at radius 1 is 1.50 bits per heavy atom. The van der Waals surface area contributed by atoms with Crippen molar-refractivity contribution in [2.24, 2.45) is 5.73 Å². The molecule has 1 fully saturated rings. The van der Waals surface area contributed by atoms with Crippen LogP contribution in [0.2, 0.25) is 0 Å². The molecule has 5 heteroatoms. The van der Waals surface area contributed by atoms with Crippen LogP contribution in [-0.4, -0.2) is 30.4 Å². The molecule has 0 radical (unpaired) electrons. The Morgan fingerprint density at radius 3 is 2.64 bits per heavy atom. The summed E-state index contributed by atoms with van der Waals surface area (Å²) in [4.78, 5) is 22.1. The van der Waals surface area contributed by atoms with Crippen LogP contribution in [0.15, 0.2) is 0 Å². The largest absolute Gasteiger partial charge is 0.354 e. The highest BCUT2D eigenvalue weighted by atomic mass is 16.2. The van der Waals surface area contributed by atoms with Crippen LogP contribution in [-0.2, 0) is 9.59 Å². The minimum atomic E-state index is -0.513. The zero-order chi connectivity index (χ0) is 10.6. The molecule has 0 aromatic rings. The summed E-state index contributed by atoms with van der Waals surface area (Å²) in [5, 5.41) is 5.42. The second-order valence-electron chi connectivity index (χ2n) is 3.67. The third-order valence-electron chi connectivity index (χ3n) is 2.01. The quantitative estimate of drug-likeness (QED) is 0.537. The Hall–Kier alpha value is -1.10. The van der Waals surface area contributed by atoms with Crippen LogP contribution in [0.5, 0.6) is 0 Å². The second kappa shape index (κ2) is 4.95. The molecule has 2 amide bonds. The molecular weight excluding hydrogens is 182 g/mol. The molecule has 1 atom stereocenters. The lowest BCUT2D eigenvalue weighted by Gasteiger charge is -2.07. The summed E-state index contributed by atoms with van der Waals surface area (Å²) in [7, 11) is 0. The average Bonchev–Trinajstić information content (AvgIpc) is 2.87. The van der Waals surface area contributed by atoms with Crippen molar-refractivity contribution in [1.29, 1.82) is 0 Å². The number of carbonyl (C=O) groups excluding carboxylic acids is 2. The zero-order valence-corrected chi connectivity index (χ0v) is 8.38. The van der Waals surface area contributed by atoms with Crippen molar-refractivity contribution in [1.82, 2.24) is 10.6 Å². The van der Waals surface area contributed by atoms with Gasteiger partial charge in [-0.05, 0) is 19.8 Å². The molecule has 1 saturated carbocycles. The lowest BCUT2D eigenvalue weighted by Crippen LogP contribution is -2.40. The van der Waals surface area contributed by atoms with Gasteiger partial charge in [-0.25, -0.2) is 0 Å². The number of amides is 2. The first-order chi connectivity index (χ1) is 6.59. The van der Waals surface area contributed by atoms with Gasteiger partial charge in [0.1, 0.15) is 0 Å². The zero-order valence-electron chi connectivity index (χ0n) is 8.38. The Labute approximate surface area is 83.4 Å². The molecule has 0 saturated heterocycles. The van der Waals surface area contributed by atoms with Gasteiger partial charge in [0.05, 0.1) is 6.04 Å². The number of nitrogens with one attached hydrogen (secondary N) is 2. The predicted octanol–water partition coefficient (Wildman–Crippen LogP) is -0.881. The van der Waals surface area contributed by atoms with Crippen LogP contribution in [0.1, 0.15) is 26.2 Å². The first kappa shape index (κ1) is 11.0. The molecule has 0 aromatic heterocycles. The number of hydrogen-bond donors (Lipinski definition) is 3. The molecular formula is C9H17N3O2. The Kier molecular flexibility index (Phi) is 3.88. The van der Waals surface area contributed by atoms with Crippen LogP contribution in [0.4, 0.5) is 0 Å². The summed E-state index contributed by atoms with van der Waals surface area (Å²) in [6.45, 7) is 1.97. The van der Waals surface area contributed by atoms with E-state index in [0.717, 1.165) is 12.8 Å². The van der Waals surface area contributed by atoms with E-state index in [-0.39, 0.29) is 11.8 Å². The molecule has 0 bridgehead atoms. The van der Waals surface area contributed by atoms with E-state index in [1.54, 1.807) is 6.92 Å². The molecule has 4 N–H and O–H groups in total. The third-order valence-corrected chi connectivity index (χ3v) is 2.01. The van der Waals surface area contributed by atoms with Gasteiger partial charge < -0.3 is 16.4 Å². The monoisotopic (exact) mass is 199 g/mol. The average molecular weight is 199 g/mol. The first-order valence-corrected chi connectivity index (χ1v) is 4.92. The van der Waals surface area contributed by atoms with Crippen molar-refractivity contribution in [3.05, 3.63) is 0 Å². The van der Waals surface area contributed by atoms with Crippen molar-refractivity contribution in [2.45, 2.75) is 38.3 Å². The van der Waals surface area contributed by atoms with Crippen LogP contribution >= 0.6 is 0 Å². The Morgan fingerprint density at radius 2 is 2.14 bits per heavy atom. The summed E-state index contributed by atoms with van der Waals surface area (Å²) in [5.74, 6) is -0.221. The van der Waals surface area contributed by atoms with E-state index < -0.39 is 6.04 Å². The SMILES string of the molecule is C[C@@H](N)C(=O)NCCC(=O)NC1CC1. The molecule has 0 aromatic carbocycles. The maximum Gasteiger partial charge on any atom is 0.236 e. The van der Waals surface area contributed by atoms with E-state index in [0.29, 0.717) is 19.0 Å². The summed E-state index contributed by atoms with van der Waals surface area (Å²) < 4.78 is 0. The maximum absolute atomic E-state index is 11.2. The highest BCUT2D eigenvalue weighted by molar-refractivity contribution is 5.82. The highest BCUT2D eigenvalue weighted by Crippen LogP contribution is 2.18. The molecule has 1 rings (SSSR count). The third kappa shape index (κ3) is 4.23. The molecule has 0 heterocycles. The van der Waals surface area contributed by atoms with Crippen LogP contribution in [0.3, 0.4) is 0 Å². The van der Waals surface area contributed by atoms with Gasteiger partial charge in [0.2, 0.25) is 11.8 Å². The van der Waals surface area contributed by atoms with E-state index in [2.05, 4.69) is 10.6 Å². The van der Waals surface area contributed by atoms with E-state index >= 15 is 0 Å². The minimum Gasteiger partial charge on any atom is -0.354 e. The van der Waals surface area contributed by atoms with E-state index in [1.807, 2.05) is 0 Å². The van der Waals surface area contributed by atoms with Gasteiger partial charge >= 0.3 is 0 Å². The molecule has 80 valence electrons. The molecule has 5 nitrogen and oxygen atoms in total. The molecule has 0 aliphatic heterocycles. The van der Waals surface area contributed by atoms with Gasteiger partial charge in [0, 0.05) is 19.0 Å². The van der Waals surface area contributed by atoms with Crippen LogP contribution < -0.4 is 16.4 Å². The number of nitrogens with two attached hydrogens (primary N) is 1. The lowest BCUT2D eigenvalue weighted by molar-refractivity contribution is -0.122. The van der Waals surface area contributed by atoms with Crippen LogP contribution in [0.25, 0.3) is 0 Å². The Balaban J connectivity index is 2.02.